The van der Waals surface area contributed by atoms with Gasteiger partial charge < -0.3 is 0 Å². The highest BCUT2D eigenvalue weighted by atomic mass is 14.7. The van der Waals surface area contributed by atoms with Crippen molar-refractivity contribution in [3.63, 3.8) is 0 Å². The van der Waals surface area contributed by atoms with Crippen LogP contribution in [0.5, 0.6) is 0 Å². The Labute approximate surface area is 95.7 Å². The summed E-state index contributed by atoms with van der Waals surface area (Å²) in [6.07, 6.45) is 0. The summed E-state index contributed by atoms with van der Waals surface area (Å²) in [6, 6.07) is 0. The van der Waals surface area contributed by atoms with Gasteiger partial charge in [-0.2, -0.15) is 0 Å². The average molecular weight is 209 g/mol. The van der Waals surface area contributed by atoms with Crippen LogP contribution in [0, 0.1) is 10.8 Å². The van der Waals surface area contributed by atoms with Gasteiger partial charge in [-0.25, -0.2) is 0 Å². The molecule has 88 valence electrons. The summed E-state index contributed by atoms with van der Waals surface area (Å²) in [4.78, 5) is 4.36. The first-order chi connectivity index (χ1) is 6.59. The van der Waals surface area contributed by atoms with Crippen molar-refractivity contribution in [1.82, 2.24) is 0 Å². The number of rotatable bonds is 3. The van der Waals surface area contributed by atoms with E-state index in [1.807, 2.05) is 7.05 Å². The molecular formula is C14H27N. The molecule has 0 heterocycles. The molecule has 0 atom stereocenters. The van der Waals surface area contributed by atoms with Crippen molar-refractivity contribution in [2.75, 3.05) is 7.05 Å². The van der Waals surface area contributed by atoms with Crippen LogP contribution in [-0.2, 0) is 0 Å². The summed E-state index contributed by atoms with van der Waals surface area (Å²) in [5, 5.41) is 0. The molecule has 0 aromatic rings. The van der Waals surface area contributed by atoms with Crippen LogP contribution < -0.4 is 0 Å². The Balaban J connectivity index is 5.48. The van der Waals surface area contributed by atoms with Gasteiger partial charge in [0.2, 0.25) is 0 Å². The molecule has 0 aliphatic heterocycles. The Kier molecular flexibility index (Phi) is 4.33. The molecular weight excluding hydrogens is 182 g/mol. The zero-order chi connectivity index (χ0) is 12.4. The van der Waals surface area contributed by atoms with Gasteiger partial charge >= 0.3 is 0 Å². The van der Waals surface area contributed by atoms with Crippen molar-refractivity contribution >= 4 is 5.71 Å². The minimum atomic E-state index is 0.100. The zero-order valence-electron chi connectivity index (χ0n) is 11.9. The van der Waals surface area contributed by atoms with Gasteiger partial charge in [0.15, 0.2) is 0 Å². The molecule has 0 fully saturated rings. The van der Waals surface area contributed by atoms with E-state index < -0.39 is 0 Å². The summed E-state index contributed by atoms with van der Waals surface area (Å²) in [5.74, 6) is 0. The largest absolute Gasteiger partial charge is 0.297 e. The fourth-order valence-electron chi connectivity index (χ4n) is 1.83. The van der Waals surface area contributed by atoms with Crippen LogP contribution in [0.4, 0.5) is 0 Å². The van der Waals surface area contributed by atoms with E-state index in [2.05, 4.69) is 60.4 Å². The third kappa shape index (κ3) is 2.50. The molecule has 0 aliphatic carbocycles. The molecule has 0 spiro atoms. The van der Waals surface area contributed by atoms with Crippen LogP contribution >= 0.6 is 0 Å². The molecule has 1 heteroatoms. The summed E-state index contributed by atoms with van der Waals surface area (Å²) < 4.78 is 0. The summed E-state index contributed by atoms with van der Waals surface area (Å²) in [7, 11) is 1.88. The first kappa shape index (κ1) is 14.4. The van der Waals surface area contributed by atoms with Crippen molar-refractivity contribution in [2.45, 2.75) is 55.4 Å². The smallest absolute Gasteiger partial charge is 0.0276 e. The Hall–Kier alpha value is -0.590. The van der Waals surface area contributed by atoms with Gasteiger partial charge in [-0.05, 0) is 33.1 Å². The number of aliphatic imine (C=N–C) groups is 1. The van der Waals surface area contributed by atoms with Crippen LogP contribution in [0.3, 0.4) is 0 Å². The zero-order valence-corrected chi connectivity index (χ0v) is 11.9. The molecule has 0 amide bonds. The molecule has 0 aliphatic rings. The number of hydrogen-bond donors (Lipinski definition) is 0. The van der Waals surface area contributed by atoms with E-state index in [0.717, 1.165) is 0 Å². The first-order valence-electron chi connectivity index (χ1n) is 5.67. The van der Waals surface area contributed by atoms with E-state index in [9.17, 15) is 0 Å². The van der Waals surface area contributed by atoms with Gasteiger partial charge in [-0.3, -0.25) is 4.99 Å². The Morgan fingerprint density at radius 2 is 1.20 bits per heavy atom. The fraction of sp³-hybridized carbons (Fsp3) is 0.786. The van der Waals surface area contributed by atoms with Gasteiger partial charge in [0, 0.05) is 18.2 Å². The first-order valence-corrected chi connectivity index (χ1v) is 5.67. The molecule has 0 aromatic carbocycles. The Morgan fingerprint density at radius 1 is 0.800 bits per heavy atom. The SMILES string of the molecule is CN=C(C)C(C)(C)C(C)(C)C(C)=C(C)C. The van der Waals surface area contributed by atoms with Crippen LogP contribution in [0.1, 0.15) is 55.4 Å². The Morgan fingerprint density at radius 3 is 1.47 bits per heavy atom. The van der Waals surface area contributed by atoms with Crippen molar-refractivity contribution in [3.8, 4) is 0 Å². The lowest BCUT2D eigenvalue weighted by molar-refractivity contribution is 0.237. The van der Waals surface area contributed by atoms with E-state index in [1.54, 1.807) is 0 Å². The lowest BCUT2D eigenvalue weighted by Gasteiger charge is -2.43. The van der Waals surface area contributed by atoms with Gasteiger partial charge in [0.1, 0.15) is 0 Å². The number of nitrogens with zero attached hydrogens (tertiary/aromatic N) is 1. The van der Waals surface area contributed by atoms with Crippen LogP contribution in [0.25, 0.3) is 0 Å². The maximum atomic E-state index is 4.36. The van der Waals surface area contributed by atoms with Crippen molar-refractivity contribution in [3.05, 3.63) is 11.1 Å². The maximum Gasteiger partial charge on any atom is 0.0276 e. The molecule has 0 rings (SSSR count). The monoisotopic (exact) mass is 209 g/mol. The summed E-state index contributed by atoms with van der Waals surface area (Å²) >= 11 is 0. The fourth-order valence-corrected chi connectivity index (χ4v) is 1.83. The molecule has 0 radical (unpaired) electrons. The van der Waals surface area contributed by atoms with Crippen LogP contribution in [-0.4, -0.2) is 12.8 Å². The molecule has 0 saturated carbocycles. The molecule has 15 heavy (non-hydrogen) atoms. The average Bonchev–Trinajstić information content (AvgIpc) is 2.14. The van der Waals surface area contributed by atoms with Crippen LogP contribution in [0.15, 0.2) is 16.1 Å². The van der Waals surface area contributed by atoms with E-state index in [-0.39, 0.29) is 10.8 Å². The van der Waals surface area contributed by atoms with E-state index in [4.69, 9.17) is 0 Å². The molecule has 0 bridgehead atoms. The van der Waals surface area contributed by atoms with Gasteiger partial charge in [0.05, 0.1) is 0 Å². The van der Waals surface area contributed by atoms with Crippen molar-refractivity contribution in [2.24, 2.45) is 15.8 Å². The highest BCUT2D eigenvalue weighted by molar-refractivity contribution is 5.88. The van der Waals surface area contributed by atoms with Gasteiger partial charge in [0.25, 0.3) is 0 Å². The normalized spacial score (nSPS) is 14.1. The second-order valence-corrected chi connectivity index (χ2v) is 5.68. The van der Waals surface area contributed by atoms with E-state index >= 15 is 0 Å². The van der Waals surface area contributed by atoms with Gasteiger partial charge in [-0.1, -0.05) is 38.8 Å². The lowest BCUT2D eigenvalue weighted by Crippen LogP contribution is -2.39. The molecule has 0 N–H and O–H groups in total. The van der Waals surface area contributed by atoms with Crippen molar-refractivity contribution in [1.29, 1.82) is 0 Å². The van der Waals surface area contributed by atoms with Crippen molar-refractivity contribution < 1.29 is 0 Å². The lowest BCUT2D eigenvalue weighted by atomic mass is 9.61. The third-order valence-electron chi connectivity index (χ3n) is 4.49. The minimum absolute atomic E-state index is 0.100. The standard InChI is InChI=1S/C14H27N/c1-10(2)11(3)13(5,6)14(7,8)12(4)15-9/h1-9H3. The quantitative estimate of drug-likeness (QED) is 0.480. The Bertz CT molecular complexity index is 286. The molecule has 1 nitrogen and oxygen atoms in total. The highest BCUT2D eigenvalue weighted by Gasteiger charge is 2.40. The second-order valence-electron chi connectivity index (χ2n) is 5.68. The molecule has 0 unspecified atom stereocenters. The van der Waals surface area contributed by atoms with Gasteiger partial charge in [-0.15, -0.1) is 0 Å². The summed E-state index contributed by atoms with van der Waals surface area (Å²) in [6.45, 7) is 17.9. The predicted molar refractivity (Wildman–Crippen MR) is 70.6 cm³/mol. The maximum absolute atomic E-state index is 4.36. The number of hydrogen-bond acceptors (Lipinski definition) is 1. The predicted octanol–water partition coefficient (Wildman–Crippen LogP) is 4.49. The second kappa shape index (κ2) is 4.51. The topological polar surface area (TPSA) is 12.4 Å². The van der Waals surface area contributed by atoms with Crippen LogP contribution in [0.2, 0.25) is 0 Å². The molecule has 0 aromatic heterocycles. The number of allylic oxidation sites excluding steroid dienone is 2. The summed E-state index contributed by atoms with van der Waals surface area (Å²) in [5.41, 5.74) is 4.35. The van der Waals surface area contributed by atoms with E-state index in [0.29, 0.717) is 0 Å². The van der Waals surface area contributed by atoms with E-state index in [1.165, 1.54) is 16.9 Å². The minimum Gasteiger partial charge on any atom is -0.297 e. The highest BCUT2D eigenvalue weighted by Crippen LogP contribution is 2.46. The third-order valence-corrected chi connectivity index (χ3v) is 4.49. The molecule has 0 saturated heterocycles.